The van der Waals surface area contributed by atoms with Gasteiger partial charge < -0.3 is 19.5 Å². The highest BCUT2D eigenvalue weighted by Gasteiger charge is 2.17. The number of carbonyl (C=O) groups is 1. The molecule has 0 aliphatic heterocycles. The summed E-state index contributed by atoms with van der Waals surface area (Å²) in [7, 11) is 3.03. The van der Waals surface area contributed by atoms with Gasteiger partial charge in [-0.3, -0.25) is 4.79 Å². The fraction of sp³-hybridized carbons (Fsp3) is 0.462. The van der Waals surface area contributed by atoms with E-state index in [2.05, 4.69) is 5.32 Å². The van der Waals surface area contributed by atoms with Gasteiger partial charge in [-0.05, 0) is 31.2 Å². The first kappa shape index (κ1) is 15.8. The molecule has 0 aromatic heterocycles. The van der Waals surface area contributed by atoms with E-state index in [0.29, 0.717) is 10.8 Å². The predicted molar refractivity (Wildman–Crippen MR) is 72.4 cm³/mol. The van der Waals surface area contributed by atoms with E-state index in [1.807, 2.05) is 0 Å². The number of halogens is 1. The normalized spacial score (nSPS) is 12.3. The van der Waals surface area contributed by atoms with E-state index in [1.54, 1.807) is 31.2 Å². The highest BCUT2D eigenvalue weighted by molar-refractivity contribution is 6.30. The molecule has 6 heteroatoms. The second-order valence-electron chi connectivity index (χ2n) is 3.94. The highest BCUT2D eigenvalue weighted by Crippen LogP contribution is 2.15. The van der Waals surface area contributed by atoms with Crippen LogP contribution in [-0.4, -0.2) is 39.1 Å². The van der Waals surface area contributed by atoms with Gasteiger partial charge in [-0.2, -0.15) is 0 Å². The molecule has 0 spiro atoms. The Balaban J connectivity index is 2.37. The zero-order chi connectivity index (χ0) is 14.3. The van der Waals surface area contributed by atoms with Gasteiger partial charge in [-0.15, -0.1) is 0 Å². The first-order valence-electron chi connectivity index (χ1n) is 5.80. The Morgan fingerprint density at radius 2 is 1.84 bits per heavy atom. The van der Waals surface area contributed by atoms with Gasteiger partial charge in [0.15, 0.2) is 12.9 Å². The molecule has 0 aliphatic rings. The number of nitrogens with one attached hydrogen (secondary N) is 1. The van der Waals surface area contributed by atoms with Crippen molar-refractivity contribution < 1.29 is 19.0 Å². The Hall–Kier alpha value is -1.30. The maximum atomic E-state index is 11.7. The van der Waals surface area contributed by atoms with Crippen LogP contribution in [0.3, 0.4) is 0 Å². The van der Waals surface area contributed by atoms with E-state index in [0.717, 1.165) is 0 Å². The third kappa shape index (κ3) is 5.46. The van der Waals surface area contributed by atoms with Crippen LogP contribution in [0.1, 0.15) is 6.92 Å². The highest BCUT2D eigenvalue weighted by atomic mass is 35.5. The van der Waals surface area contributed by atoms with Gasteiger partial charge in [0.25, 0.3) is 5.91 Å². The summed E-state index contributed by atoms with van der Waals surface area (Å²) in [6.07, 6.45) is -0.487. The monoisotopic (exact) mass is 287 g/mol. The smallest absolute Gasteiger partial charge is 0.258 e. The average Bonchev–Trinajstić information content (AvgIpc) is 2.39. The van der Waals surface area contributed by atoms with Crippen molar-refractivity contribution in [1.29, 1.82) is 0 Å². The van der Waals surface area contributed by atoms with E-state index in [4.69, 9.17) is 25.8 Å². The molecule has 1 aromatic carbocycles. The summed E-state index contributed by atoms with van der Waals surface area (Å²) in [5.74, 6) is 0.337. The molecule has 106 valence electrons. The molecule has 1 unspecified atom stereocenters. The largest absolute Gasteiger partial charge is 0.484 e. The van der Waals surface area contributed by atoms with Gasteiger partial charge in [-0.1, -0.05) is 11.6 Å². The summed E-state index contributed by atoms with van der Waals surface area (Å²) in [5.41, 5.74) is 0. The molecule has 0 heterocycles. The lowest BCUT2D eigenvalue weighted by Gasteiger charge is -2.22. The Morgan fingerprint density at radius 1 is 1.26 bits per heavy atom. The Kier molecular flexibility index (Phi) is 6.62. The summed E-state index contributed by atoms with van der Waals surface area (Å²) >= 11 is 5.75. The lowest BCUT2D eigenvalue weighted by atomic mass is 10.3. The van der Waals surface area contributed by atoms with Crippen LogP contribution in [0.4, 0.5) is 0 Å². The molecule has 1 aromatic rings. The van der Waals surface area contributed by atoms with Gasteiger partial charge in [0, 0.05) is 19.2 Å². The van der Waals surface area contributed by atoms with Crippen molar-refractivity contribution >= 4 is 17.5 Å². The first-order chi connectivity index (χ1) is 9.06. The van der Waals surface area contributed by atoms with Crippen molar-refractivity contribution in [3.05, 3.63) is 29.3 Å². The third-order valence-corrected chi connectivity index (χ3v) is 2.70. The van der Waals surface area contributed by atoms with Crippen molar-refractivity contribution in [3.8, 4) is 5.75 Å². The number of hydrogen-bond acceptors (Lipinski definition) is 4. The lowest BCUT2D eigenvalue weighted by molar-refractivity contribution is -0.137. The zero-order valence-corrected chi connectivity index (χ0v) is 11.9. The van der Waals surface area contributed by atoms with Crippen LogP contribution in [0.2, 0.25) is 5.02 Å². The van der Waals surface area contributed by atoms with Gasteiger partial charge in [-0.25, -0.2) is 0 Å². The second kappa shape index (κ2) is 7.99. The topological polar surface area (TPSA) is 56.8 Å². The molecule has 19 heavy (non-hydrogen) atoms. The fourth-order valence-corrected chi connectivity index (χ4v) is 1.67. The third-order valence-electron chi connectivity index (χ3n) is 2.45. The second-order valence-corrected chi connectivity index (χ2v) is 4.38. The van der Waals surface area contributed by atoms with E-state index in [1.165, 1.54) is 14.2 Å². The van der Waals surface area contributed by atoms with Crippen LogP contribution in [0.5, 0.6) is 5.75 Å². The maximum Gasteiger partial charge on any atom is 0.258 e. The molecular weight excluding hydrogens is 270 g/mol. The molecule has 0 fully saturated rings. The number of carbonyl (C=O) groups excluding carboxylic acids is 1. The SMILES string of the molecule is COC(OC)C(C)NC(=O)COc1ccc(Cl)cc1. The van der Waals surface area contributed by atoms with Gasteiger partial charge in [0.05, 0.1) is 6.04 Å². The molecule has 1 atom stereocenters. The van der Waals surface area contributed by atoms with E-state index in [-0.39, 0.29) is 18.6 Å². The molecule has 0 saturated heterocycles. The number of rotatable bonds is 7. The molecule has 0 bridgehead atoms. The molecule has 1 N–H and O–H groups in total. The minimum Gasteiger partial charge on any atom is -0.484 e. The molecule has 1 amide bonds. The van der Waals surface area contributed by atoms with Crippen molar-refractivity contribution in [2.24, 2.45) is 0 Å². The van der Waals surface area contributed by atoms with Crippen LogP contribution in [0.15, 0.2) is 24.3 Å². The molecular formula is C13H18ClNO4. The Labute approximate surface area is 117 Å². The van der Waals surface area contributed by atoms with E-state index >= 15 is 0 Å². The van der Waals surface area contributed by atoms with Crippen LogP contribution >= 0.6 is 11.6 Å². The Bertz CT molecular complexity index is 392. The number of benzene rings is 1. The maximum absolute atomic E-state index is 11.7. The molecule has 0 saturated carbocycles. The van der Waals surface area contributed by atoms with E-state index < -0.39 is 6.29 Å². The van der Waals surface area contributed by atoms with Crippen molar-refractivity contribution in [1.82, 2.24) is 5.32 Å². The summed E-state index contributed by atoms with van der Waals surface area (Å²) in [6.45, 7) is 1.71. The summed E-state index contributed by atoms with van der Waals surface area (Å²) in [4.78, 5) is 11.7. The lowest BCUT2D eigenvalue weighted by Crippen LogP contribution is -2.44. The predicted octanol–water partition coefficient (Wildman–Crippen LogP) is 1.84. The molecule has 1 rings (SSSR count). The molecule has 0 radical (unpaired) electrons. The van der Waals surface area contributed by atoms with Crippen LogP contribution in [0.25, 0.3) is 0 Å². The van der Waals surface area contributed by atoms with Crippen molar-refractivity contribution in [2.45, 2.75) is 19.3 Å². The quantitative estimate of drug-likeness (QED) is 0.778. The average molecular weight is 288 g/mol. The van der Waals surface area contributed by atoms with E-state index in [9.17, 15) is 4.79 Å². The Morgan fingerprint density at radius 3 is 2.37 bits per heavy atom. The zero-order valence-electron chi connectivity index (χ0n) is 11.2. The van der Waals surface area contributed by atoms with Gasteiger partial charge in [0.2, 0.25) is 0 Å². The number of hydrogen-bond donors (Lipinski definition) is 1. The number of amides is 1. The summed E-state index contributed by atoms with van der Waals surface area (Å²) in [5, 5.41) is 3.34. The van der Waals surface area contributed by atoms with Gasteiger partial charge in [0.1, 0.15) is 5.75 Å². The summed E-state index contributed by atoms with van der Waals surface area (Å²) < 4.78 is 15.4. The van der Waals surface area contributed by atoms with Crippen LogP contribution in [-0.2, 0) is 14.3 Å². The minimum absolute atomic E-state index is 0.0773. The van der Waals surface area contributed by atoms with Crippen molar-refractivity contribution in [3.63, 3.8) is 0 Å². The minimum atomic E-state index is -0.487. The molecule has 5 nitrogen and oxygen atoms in total. The van der Waals surface area contributed by atoms with Gasteiger partial charge >= 0.3 is 0 Å². The first-order valence-corrected chi connectivity index (χ1v) is 6.18. The summed E-state index contributed by atoms with van der Waals surface area (Å²) in [6, 6.07) is 6.53. The molecule has 0 aliphatic carbocycles. The fourth-order valence-electron chi connectivity index (χ4n) is 1.55. The number of ether oxygens (including phenoxy) is 3. The van der Waals surface area contributed by atoms with Crippen LogP contribution < -0.4 is 10.1 Å². The standard InChI is InChI=1S/C13H18ClNO4/c1-9(13(17-2)18-3)15-12(16)8-19-11-6-4-10(14)5-7-11/h4-7,9,13H,8H2,1-3H3,(H,15,16). The number of methoxy groups -OCH3 is 2. The van der Waals surface area contributed by atoms with Crippen LogP contribution in [0, 0.1) is 0 Å². The van der Waals surface area contributed by atoms with Crippen molar-refractivity contribution in [2.75, 3.05) is 20.8 Å².